The molecule has 1 heterocycles. The standard InChI is InChI=1S/C11H11N3O/c12-5-9-1-3-11(4-2-9)14-7-10(8-15)6-13-14/h1-4,6-8H,5,12H2. The Balaban J connectivity index is 2.32. The molecule has 76 valence electrons. The molecule has 0 atom stereocenters. The van der Waals surface area contributed by atoms with Crippen molar-refractivity contribution in [3.05, 3.63) is 47.8 Å². The number of carbonyl (C=O) groups excluding carboxylic acids is 1. The lowest BCUT2D eigenvalue weighted by Gasteiger charge is -2.01. The first kappa shape index (κ1) is 9.61. The molecule has 0 unspecified atom stereocenters. The number of carbonyl (C=O) groups is 1. The fraction of sp³-hybridized carbons (Fsp3) is 0.0909. The molecular formula is C11H11N3O. The predicted octanol–water partition coefficient (Wildman–Crippen LogP) is 1.14. The first-order valence-corrected chi connectivity index (χ1v) is 4.62. The minimum atomic E-state index is 0.527. The Kier molecular flexibility index (Phi) is 2.60. The molecule has 15 heavy (non-hydrogen) atoms. The van der Waals surface area contributed by atoms with E-state index < -0.39 is 0 Å². The maximum absolute atomic E-state index is 10.5. The fourth-order valence-electron chi connectivity index (χ4n) is 1.32. The van der Waals surface area contributed by atoms with Gasteiger partial charge in [-0.3, -0.25) is 4.79 Å². The number of benzene rings is 1. The third-order valence-electron chi connectivity index (χ3n) is 2.18. The molecule has 0 amide bonds. The minimum Gasteiger partial charge on any atom is -0.326 e. The van der Waals surface area contributed by atoms with Crippen LogP contribution in [0.2, 0.25) is 0 Å². The molecular weight excluding hydrogens is 190 g/mol. The van der Waals surface area contributed by atoms with Crippen molar-refractivity contribution in [3.8, 4) is 5.69 Å². The van der Waals surface area contributed by atoms with Crippen molar-refractivity contribution in [1.82, 2.24) is 9.78 Å². The number of nitrogens with two attached hydrogens (primary N) is 1. The summed E-state index contributed by atoms with van der Waals surface area (Å²) in [4.78, 5) is 10.5. The number of aromatic nitrogens is 2. The third kappa shape index (κ3) is 1.94. The molecule has 2 N–H and O–H groups in total. The van der Waals surface area contributed by atoms with Crippen molar-refractivity contribution in [2.45, 2.75) is 6.54 Å². The van der Waals surface area contributed by atoms with Gasteiger partial charge in [0.15, 0.2) is 6.29 Å². The largest absolute Gasteiger partial charge is 0.326 e. The highest BCUT2D eigenvalue weighted by molar-refractivity contribution is 5.73. The molecule has 0 spiro atoms. The molecule has 1 aromatic carbocycles. The second-order valence-corrected chi connectivity index (χ2v) is 3.21. The summed E-state index contributed by atoms with van der Waals surface area (Å²) in [5, 5.41) is 4.07. The van der Waals surface area contributed by atoms with Gasteiger partial charge in [0, 0.05) is 12.7 Å². The lowest BCUT2D eigenvalue weighted by molar-refractivity contribution is 0.112. The molecule has 0 saturated carbocycles. The second-order valence-electron chi connectivity index (χ2n) is 3.21. The van der Waals surface area contributed by atoms with Crippen LogP contribution >= 0.6 is 0 Å². The molecule has 0 aliphatic rings. The van der Waals surface area contributed by atoms with E-state index in [-0.39, 0.29) is 0 Å². The summed E-state index contributed by atoms with van der Waals surface area (Å²) in [6, 6.07) is 7.72. The van der Waals surface area contributed by atoms with Crippen LogP contribution in [0.1, 0.15) is 15.9 Å². The zero-order valence-corrected chi connectivity index (χ0v) is 8.13. The van der Waals surface area contributed by atoms with Crippen LogP contribution in [0.3, 0.4) is 0 Å². The Bertz CT molecular complexity index is 459. The Morgan fingerprint density at radius 3 is 2.60 bits per heavy atom. The van der Waals surface area contributed by atoms with Crippen LogP contribution in [0.15, 0.2) is 36.7 Å². The SMILES string of the molecule is NCc1ccc(-n2cc(C=O)cn2)cc1. The zero-order chi connectivity index (χ0) is 10.7. The van der Waals surface area contributed by atoms with Gasteiger partial charge < -0.3 is 5.73 Å². The summed E-state index contributed by atoms with van der Waals surface area (Å²) in [5.41, 5.74) is 8.05. The topological polar surface area (TPSA) is 60.9 Å². The first-order chi connectivity index (χ1) is 7.33. The highest BCUT2D eigenvalue weighted by Crippen LogP contribution is 2.09. The van der Waals surface area contributed by atoms with Gasteiger partial charge in [-0.15, -0.1) is 0 Å². The minimum absolute atomic E-state index is 0.527. The Morgan fingerprint density at radius 1 is 1.33 bits per heavy atom. The summed E-state index contributed by atoms with van der Waals surface area (Å²) >= 11 is 0. The zero-order valence-electron chi connectivity index (χ0n) is 8.13. The monoisotopic (exact) mass is 201 g/mol. The van der Waals surface area contributed by atoms with Gasteiger partial charge >= 0.3 is 0 Å². The van der Waals surface area contributed by atoms with E-state index in [1.165, 1.54) is 6.20 Å². The van der Waals surface area contributed by atoms with Gasteiger partial charge in [0.2, 0.25) is 0 Å². The Morgan fingerprint density at radius 2 is 2.07 bits per heavy atom. The summed E-state index contributed by atoms with van der Waals surface area (Å²) in [7, 11) is 0. The van der Waals surface area contributed by atoms with Crippen molar-refractivity contribution in [2.24, 2.45) is 5.73 Å². The van der Waals surface area contributed by atoms with E-state index in [4.69, 9.17) is 5.73 Å². The van der Waals surface area contributed by atoms with E-state index in [0.29, 0.717) is 12.1 Å². The summed E-state index contributed by atoms with van der Waals surface area (Å²) in [6.07, 6.45) is 3.99. The molecule has 0 saturated heterocycles. The van der Waals surface area contributed by atoms with Crippen LogP contribution in [0.5, 0.6) is 0 Å². The van der Waals surface area contributed by atoms with Crippen LogP contribution in [0, 0.1) is 0 Å². The molecule has 0 fully saturated rings. The normalized spacial score (nSPS) is 10.2. The lowest BCUT2D eigenvalue weighted by Crippen LogP contribution is -1.98. The number of hydrogen-bond donors (Lipinski definition) is 1. The second kappa shape index (κ2) is 4.06. The van der Waals surface area contributed by atoms with E-state index >= 15 is 0 Å². The predicted molar refractivity (Wildman–Crippen MR) is 56.8 cm³/mol. The highest BCUT2D eigenvalue weighted by Gasteiger charge is 1.99. The van der Waals surface area contributed by atoms with Crippen LogP contribution in [-0.2, 0) is 6.54 Å². The van der Waals surface area contributed by atoms with Gasteiger partial charge in [-0.1, -0.05) is 12.1 Å². The van der Waals surface area contributed by atoms with Gasteiger partial charge in [0.1, 0.15) is 0 Å². The number of rotatable bonds is 3. The third-order valence-corrected chi connectivity index (χ3v) is 2.18. The molecule has 2 rings (SSSR count). The Hall–Kier alpha value is -1.94. The number of nitrogens with zero attached hydrogens (tertiary/aromatic N) is 2. The maximum atomic E-state index is 10.5. The van der Waals surface area contributed by atoms with E-state index in [1.807, 2.05) is 24.3 Å². The van der Waals surface area contributed by atoms with Crippen LogP contribution < -0.4 is 5.73 Å². The molecule has 0 aliphatic carbocycles. The summed E-state index contributed by atoms with van der Waals surface area (Å²) < 4.78 is 1.66. The number of hydrogen-bond acceptors (Lipinski definition) is 3. The van der Waals surface area contributed by atoms with Crippen molar-refractivity contribution in [2.75, 3.05) is 0 Å². The molecule has 0 bridgehead atoms. The molecule has 2 aromatic rings. The van der Waals surface area contributed by atoms with E-state index in [1.54, 1.807) is 10.9 Å². The highest BCUT2D eigenvalue weighted by atomic mass is 16.1. The molecule has 0 aliphatic heterocycles. The summed E-state index contributed by atoms with van der Waals surface area (Å²) in [5.74, 6) is 0. The van der Waals surface area contributed by atoms with Gasteiger partial charge in [0.05, 0.1) is 17.4 Å². The molecule has 4 nitrogen and oxygen atoms in total. The maximum Gasteiger partial charge on any atom is 0.153 e. The fourth-order valence-corrected chi connectivity index (χ4v) is 1.32. The first-order valence-electron chi connectivity index (χ1n) is 4.62. The van der Waals surface area contributed by atoms with E-state index in [2.05, 4.69) is 5.10 Å². The molecule has 4 heteroatoms. The molecule has 1 aromatic heterocycles. The quantitative estimate of drug-likeness (QED) is 0.757. The average molecular weight is 201 g/mol. The van der Waals surface area contributed by atoms with Crippen molar-refractivity contribution in [3.63, 3.8) is 0 Å². The average Bonchev–Trinajstić information content (AvgIpc) is 2.78. The smallest absolute Gasteiger partial charge is 0.153 e. The number of aldehydes is 1. The van der Waals surface area contributed by atoms with Crippen LogP contribution in [0.4, 0.5) is 0 Å². The molecule has 0 radical (unpaired) electrons. The van der Waals surface area contributed by atoms with Gasteiger partial charge in [-0.2, -0.15) is 5.10 Å². The van der Waals surface area contributed by atoms with Crippen molar-refractivity contribution in [1.29, 1.82) is 0 Å². The van der Waals surface area contributed by atoms with Crippen LogP contribution in [-0.4, -0.2) is 16.1 Å². The summed E-state index contributed by atoms with van der Waals surface area (Å²) in [6.45, 7) is 0.527. The van der Waals surface area contributed by atoms with Crippen LogP contribution in [0.25, 0.3) is 5.69 Å². The van der Waals surface area contributed by atoms with Gasteiger partial charge in [-0.25, -0.2) is 4.68 Å². The van der Waals surface area contributed by atoms with Crippen molar-refractivity contribution < 1.29 is 4.79 Å². The van der Waals surface area contributed by atoms with E-state index in [0.717, 1.165) is 17.5 Å². The van der Waals surface area contributed by atoms with Gasteiger partial charge in [0.25, 0.3) is 0 Å². The lowest BCUT2D eigenvalue weighted by atomic mass is 10.2. The van der Waals surface area contributed by atoms with E-state index in [9.17, 15) is 4.79 Å². The van der Waals surface area contributed by atoms with Gasteiger partial charge in [-0.05, 0) is 17.7 Å². The van der Waals surface area contributed by atoms with Crippen molar-refractivity contribution >= 4 is 6.29 Å². The Labute approximate surface area is 87.3 Å².